The van der Waals surface area contributed by atoms with Crippen LogP contribution in [0, 0.1) is 5.41 Å². The van der Waals surface area contributed by atoms with Crippen molar-refractivity contribution in [3.63, 3.8) is 0 Å². The van der Waals surface area contributed by atoms with Crippen molar-refractivity contribution in [1.29, 1.82) is 0 Å². The molecule has 1 rings (SSSR count). The fourth-order valence-corrected chi connectivity index (χ4v) is 1.22. The minimum Gasteiger partial charge on any atom is -0.351 e. The molecule has 1 N–H and O–H groups in total. The van der Waals surface area contributed by atoms with Crippen LogP contribution in [0.2, 0.25) is 0 Å². The largest absolute Gasteiger partial charge is 0.403 e. The Morgan fingerprint density at radius 1 is 1.21 bits per heavy atom. The standard InChI is InChI=1S/C9H14F3NO/c1-7(2,3)13-6(14)8(4-5-8)9(10,11)12/h4-5H2,1-3H3,(H,13,14). The molecule has 0 aromatic heterocycles. The normalized spacial score (nSPS) is 20.4. The highest BCUT2D eigenvalue weighted by molar-refractivity contribution is 5.86. The molecule has 0 unspecified atom stereocenters. The molecule has 1 amide bonds. The van der Waals surface area contributed by atoms with Gasteiger partial charge in [-0.2, -0.15) is 13.2 Å². The molecule has 1 aliphatic rings. The molecule has 1 saturated carbocycles. The van der Waals surface area contributed by atoms with Gasteiger partial charge < -0.3 is 5.32 Å². The Bertz CT molecular complexity index is 248. The SMILES string of the molecule is CC(C)(C)NC(=O)C1(C(F)(F)F)CC1. The fourth-order valence-electron chi connectivity index (χ4n) is 1.22. The number of amides is 1. The first-order chi connectivity index (χ1) is 6.08. The van der Waals surface area contributed by atoms with Crippen LogP contribution < -0.4 is 5.32 Å². The van der Waals surface area contributed by atoms with E-state index in [2.05, 4.69) is 5.32 Å². The predicted molar refractivity (Wildman–Crippen MR) is 45.6 cm³/mol. The molecular weight excluding hydrogens is 195 g/mol. The van der Waals surface area contributed by atoms with Crippen LogP contribution >= 0.6 is 0 Å². The molecule has 0 bridgehead atoms. The topological polar surface area (TPSA) is 29.1 Å². The van der Waals surface area contributed by atoms with Crippen LogP contribution in [0.15, 0.2) is 0 Å². The zero-order valence-corrected chi connectivity index (χ0v) is 8.46. The Labute approximate surface area is 80.9 Å². The second kappa shape index (κ2) is 2.87. The van der Waals surface area contributed by atoms with Gasteiger partial charge in [0.1, 0.15) is 5.41 Å². The van der Waals surface area contributed by atoms with Gasteiger partial charge in [-0.25, -0.2) is 0 Å². The molecule has 5 heteroatoms. The van der Waals surface area contributed by atoms with Crippen LogP contribution in [-0.4, -0.2) is 17.6 Å². The molecule has 14 heavy (non-hydrogen) atoms. The zero-order chi connectivity index (χ0) is 11.2. The van der Waals surface area contributed by atoms with Crippen LogP contribution in [-0.2, 0) is 4.79 Å². The summed E-state index contributed by atoms with van der Waals surface area (Å²) in [5.74, 6) is -0.891. The molecule has 82 valence electrons. The van der Waals surface area contributed by atoms with Crippen molar-refractivity contribution in [2.45, 2.75) is 45.3 Å². The maximum atomic E-state index is 12.5. The fraction of sp³-hybridized carbons (Fsp3) is 0.889. The molecule has 0 saturated heterocycles. The Balaban J connectivity index is 2.72. The summed E-state index contributed by atoms with van der Waals surface area (Å²) in [6, 6.07) is 0. The van der Waals surface area contributed by atoms with Gasteiger partial charge in [0, 0.05) is 5.54 Å². The number of carbonyl (C=O) groups excluding carboxylic acids is 1. The molecule has 1 aliphatic carbocycles. The molecule has 0 aromatic carbocycles. The van der Waals surface area contributed by atoms with Crippen molar-refractivity contribution in [2.24, 2.45) is 5.41 Å². The molecule has 0 spiro atoms. The lowest BCUT2D eigenvalue weighted by molar-refractivity contribution is -0.193. The van der Waals surface area contributed by atoms with Gasteiger partial charge in [-0.3, -0.25) is 4.79 Å². The highest BCUT2D eigenvalue weighted by Crippen LogP contribution is 2.57. The minimum atomic E-state index is -4.41. The molecule has 0 aliphatic heterocycles. The molecule has 1 fully saturated rings. The van der Waals surface area contributed by atoms with Gasteiger partial charge in [0.25, 0.3) is 0 Å². The maximum Gasteiger partial charge on any atom is 0.403 e. The maximum absolute atomic E-state index is 12.5. The van der Waals surface area contributed by atoms with Gasteiger partial charge in [0.15, 0.2) is 0 Å². The molecule has 2 nitrogen and oxygen atoms in total. The van der Waals surface area contributed by atoms with E-state index in [4.69, 9.17) is 0 Å². The number of rotatable bonds is 1. The van der Waals surface area contributed by atoms with E-state index in [1.807, 2.05) is 0 Å². The Kier molecular flexibility index (Phi) is 2.33. The third-order valence-electron chi connectivity index (χ3n) is 2.22. The Morgan fingerprint density at radius 2 is 1.64 bits per heavy atom. The monoisotopic (exact) mass is 209 g/mol. The molecule has 0 heterocycles. The second-order valence-electron chi connectivity index (χ2n) is 4.78. The van der Waals surface area contributed by atoms with Crippen LogP contribution in [0.5, 0.6) is 0 Å². The molecule has 0 radical (unpaired) electrons. The zero-order valence-electron chi connectivity index (χ0n) is 8.46. The van der Waals surface area contributed by atoms with Crippen LogP contribution in [0.3, 0.4) is 0 Å². The average molecular weight is 209 g/mol. The van der Waals surface area contributed by atoms with E-state index in [1.165, 1.54) is 0 Å². The van der Waals surface area contributed by atoms with Crippen LogP contribution in [0.25, 0.3) is 0 Å². The number of hydrogen-bond acceptors (Lipinski definition) is 1. The van der Waals surface area contributed by atoms with Gasteiger partial charge in [0.2, 0.25) is 5.91 Å². The number of hydrogen-bond donors (Lipinski definition) is 1. The van der Waals surface area contributed by atoms with Crippen molar-refractivity contribution in [2.75, 3.05) is 0 Å². The first-order valence-electron chi connectivity index (χ1n) is 4.48. The van der Waals surface area contributed by atoms with E-state index in [-0.39, 0.29) is 12.8 Å². The van der Waals surface area contributed by atoms with Crippen molar-refractivity contribution in [1.82, 2.24) is 5.32 Å². The summed E-state index contributed by atoms with van der Waals surface area (Å²) in [5.41, 5.74) is -2.71. The quantitative estimate of drug-likeness (QED) is 0.705. The van der Waals surface area contributed by atoms with Crippen LogP contribution in [0.1, 0.15) is 33.6 Å². The summed E-state index contributed by atoms with van der Waals surface area (Å²) in [7, 11) is 0. The summed E-state index contributed by atoms with van der Waals surface area (Å²) in [5, 5.41) is 2.37. The first kappa shape index (κ1) is 11.3. The van der Waals surface area contributed by atoms with Crippen LogP contribution in [0.4, 0.5) is 13.2 Å². The van der Waals surface area contributed by atoms with Crippen molar-refractivity contribution < 1.29 is 18.0 Å². The predicted octanol–water partition coefficient (Wildman–Crippen LogP) is 2.24. The third kappa shape index (κ3) is 2.01. The lowest BCUT2D eigenvalue weighted by Gasteiger charge is -2.25. The summed E-state index contributed by atoms with van der Waals surface area (Å²) >= 11 is 0. The van der Waals surface area contributed by atoms with E-state index in [1.54, 1.807) is 20.8 Å². The lowest BCUT2D eigenvalue weighted by Crippen LogP contribution is -2.48. The second-order valence-corrected chi connectivity index (χ2v) is 4.78. The van der Waals surface area contributed by atoms with Crippen molar-refractivity contribution in [3.8, 4) is 0 Å². The van der Waals surface area contributed by atoms with Gasteiger partial charge in [-0.1, -0.05) is 0 Å². The Morgan fingerprint density at radius 3 is 1.86 bits per heavy atom. The van der Waals surface area contributed by atoms with E-state index >= 15 is 0 Å². The van der Waals surface area contributed by atoms with Gasteiger partial charge in [-0.05, 0) is 33.6 Å². The van der Waals surface area contributed by atoms with Crippen molar-refractivity contribution >= 4 is 5.91 Å². The third-order valence-corrected chi connectivity index (χ3v) is 2.22. The number of nitrogens with one attached hydrogen (secondary N) is 1. The lowest BCUT2D eigenvalue weighted by atomic mass is 10.0. The highest BCUT2D eigenvalue weighted by atomic mass is 19.4. The number of halogens is 3. The minimum absolute atomic E-state index is 0.0849. The molecule has 0 atom stereocenters. The van der Waals surface area contributed by atoms with E-state index in [0.717, 1.165) is 0 Å². The van der Waals surface area contributed by atoms with E-state index in [9.17, 15) is 18.0 Å². The average Bonchev–Trinajstić information content (AvgIpc) is 2.56. The summed E-state index contributed by atoms with van der Waals surface area (Å²) in [6.45, 7) is 4.99. The van der Waals surface area contributed by atoms with Gasteiger partial charge in [-0.15, -0.1) is 0 Å². The van der Waals surface area contributed by atoms with Gasteiger partial charge in [0.05, 0.1) is 0 Å². The molecular formula is C9H14F3NO. The van der Waals surface area contributed by atoms with E-state index < -0.39 is 23.0 Å². The number of carbonyl (C=O) groups is 1. The number of alkyl halides is 3. The smallest absolute Gasteiger partial charge is 0.351 e. The summed E-state index contributed by atoms with van der Waals surface area (Å²) in [4.78, 5) is 11.4. The summed E-state index contributed by atoms with van der Waals surface area (Å²) < 4.78 is 37.4. The highest BCUT2D eigenvalue weighted by Gasteiger charge is 2.68. The van der Waals surface area contributed by atoms with Gasteiger partial charge >= 0.3 is 6.18 Å². The first-order valence-corrected chi connectivity index (χ1v) is 4.48. The summed E-state index contributed by atoms with van der Waals surface area (Å²) in [6.07, 6.45) is -4.58. The molecule has 0 aromatic rings. The Hall–Kier alpha value is -0.740. The van der Waals surface area contributed by atoms with E-state index in [0.29, 0.717) is 0 Å². The van der Waals surface area contributed by atoms with Crippen molar-refractivity contribution in [3.05, 3.63) is 0 Å².